The minimum atomic E-state index is -0.0812. The maximum Gasteiger partial charge on any atom is 0.103 e. The van der Waals surface area contributed by atoms with Gasteiger partial charge in [-0.3, -0.25) is 4.84 Å². The monoisotopic (exact) mass is 176 g/mol. The van der Waals surface area contributed by atoms with E-state index in [0.29, 0.717) is 0 Å². The summed E-state index contributed by atoms with van der Waals surface area (Å²) in [6.45, 7) is 1.93. The van der Waals surface area contributed by atoms with Crippen LogP contribution in [-0.4, -0.2) is 4.98 Å². The number of aromatic nitrogens is 1. The van der Waals surface area contributed by atoms with Crippen molar-refractivity contribution in [1.29, 1.82) is 0 Å². The third-order valence-corrected chi connectivity index (χ3v) is 2.26. The third kappa shape index (κ3) is 1.32. The SMILES string of the molecule is CC(ON)c1cccc2cc[nH]c12. The van der Waals surface area contributed by atoms with Crippen LogP contribution in [0.25, 0.3) is 10.9 Å². The van der Waals surface area contributed by atoms with Gasteiger partial charge in [-0.1, -0.05) is 18.2 Å². The number of nitrogens with two attached hydrogens (primary N) is 1. The first-order chi connectivity index (χ1) is 6.33. The van der Waals surface area contributed by atoms with Crippen molar-refractivity contribution in [2.24, 2.45) is 5.90 Å². The third-order valence-electron chi connectivity index (χ3n) is 2.26. The zero-order valence-electron chi connectivity index (χ0n) is 7.45. The molecule has 0 aliphatic carbocycles. The lowest BCUT2D eigenvalue weighted by Crippen LogP contribution is -2.05. The van der Waals surface area contributed by atoms with Crippen LogP contribution in [0.15, 0.2) is 30.5 Å². The van der Waals surface area contributed by atoms with E-state index in [2.05, 4.69) is 11.1 Å². The van der Waals surface area contributed by atoms with E-state index < -0.39 is 0 Å². The van der Waals surface area contributed by atoms with E-state index in [1.165, 1.54) is 5.39 Å². The minimum absolute atomic E-state index is 0.0812. The summed E-state index contributed by atoms with van der Waals surface area (Å²) < 4.78 is 0. The zero-order chi connectivity index (χ0) is 9.26. The molecule has 1 heterocycles. The Morgan fingerprint density at radius 1 is 1.38 bits per heavy atom. The largest absolute Gasteiger partial charge is 0.361 e. The molecule has 3 nitrogen and oxygen atoms in total. The smallest absolute Gasteiger partial charge is 0.103 e. The first-order valence-corrected chi connectivity index (χ1v) is 4.24. The first-order valence-electron chi connectivity index (χ1n) is 4.24. The van der Waals surface area contributed by atoms with E-state index in [1.54, 1.807) is 0 Å². The summed E-state index contributed by atoms with van der Waals surface area (Å²) >= 11 is 0. The maximum absolute atomic E-state index is 5.15. The Hall–Kier alpha value is -1.32. The van der Waals surface area contributed by atoms with Crippen molar-refractivity contribution in [2.45, 2.75) is 13.0 Å². The summed E-state index contributed by atoms with van der Waals surface area (Å²) in [5.74, 6) is 5.15. The molecule has 0 aliphatic heterocycles. The predicted octanol–water partition coefficient (Wildman–Crippen LogP) is 2.12. The number of hydrogen-bond acceptors (Lipinski definition) is 2. The number of fused-ring (bicyclic) bond motifs is 1. The lowest BCUT2D eigenvalue weighted by molar-refractivity contribution is 0.0673. The molecule has 13 heavy (non-hydrogen) atoms. The molecule has 1 aromatic heterocycles. The number of aromatic amines is 1. The molecule has 0 saturated carbocycles. The molecule has 0 radical (unpaired) electrons. The quantitative estimate of drug-likeness (QED) is 0.688. The Balaban J connectivity index is 2.60. The van der Waals surface area contributed by atoms with Gasteiger partial charge in [0.2, 0.25) is 0 Å². The number of H-pyrrole nitrogens is 1. The van der Waals surface area contributed by atoms with Crippen LogP contribution in [0, 0.1) is 0 Å². The fraction of sp³-hybridized carbons (Fsp3) is 0.200. The standard InChI is InChI=1S/C10H12N2O/c1-7(13-11)9-4-2-3-8-5-6-12-10(8)9/h2-7,12H,11H2,1H3. The van der Waals surface area contributed by atoms with Gasteiger partial charge >= 0.3 is 0 Å². The Morgan fingerprint density at radius 3 is 3.00 bits per heavy atom. The number of hydrogen-bond donors (Lipinski definition) is 2. The highest BCUT2D eigenvalue weighted by atomic mass is 16.6. The second-order valence-corrected chi connectivity index (χ2v) is 3.07. The van der Waals surface area contributed by atoms with E-state index >= 15 is 0 Å². The van der Waals surface area contributed by atoms with Crippen LogP contribution in [0.3, 0.4) is 0 Å². The van der Waals surface area contributed by atoms with E-state index in [-0.39, 0.29) is 6.10 Å². The highest BCUT2D eigenvalue weighted by Crippen LogP contribution is 2.23. The van der Waals surface area contributed by atoms with E-state index in [1.807, 2.05) is 31.3 Å². The van der Waals surface area contributed by atoms with Gasteiger partial charge in [-0.05, 0) is 18.4 Å². The molecule has 2 rings (SSSR count). The van der Waals surface area contributed by atoms with Crippen molar-refractivity contribution in [1.82, 2.24) is 4.98 Å². The zero-order valence-corrected chi connectivity index (χ0v) is 7.45. The highest BCUT2D eigenvalue weighted by Gasteiger charge is 2.08. The molecule has 68 valence electrons. The molecule has 1 unspecified atom stereocenters. The molecule has 0 fully saturated rings. The highest BCUT2D eigenvalue weighted by molar-refractivity contribution is 5.82. The van der Waals surface area contributed by atoms with Crippen molar-refractivity contribution in [3.05, 3.63) is 36.0 Å². The second-order valence-electron chi connectivity index (χ2n) is 3.07. The average molecular weight is 176 g/mol. The Bertz CT molecular complexity index is 408. The summed E-state index contributed by atoms with van der Waals surface area (Å²) in [6.07, 6.45) is 1.83. The summed E-state index contributed by atoms with van der Waals surface area (Å²) in [7, 11) is 0. The fourth-order valence-corrected chi connectivity index (χ4v) is 1.52. The van der Waals surface area contributed by atoms with Crippen LogP contribution in [-0.2, 0) is 4.84 Å². The van der Waals surface area contributed by atoms with Gasteiger partial charge in [-0.2, -0.15) is 0 Å². The van der Waals surface area contributed by atoms with Gasteiger partial charge < -0.3 is 4.98 Å². The first kappa shape index (κ1) is 8.29. The van der Waals surface area contributed by atoms with Crippen molar-refractivity contribution >= 4 is 10.9 Å². The lowest BCUT2D eigenvalue weighted by atomic mass is 10.1. The molecule has 3 heteroatoms. The lowest BCUT2D eigenvalue weighted by Gasteiger charge is -2.09. The molecule has 3 N–H and O–H groups in total. The Kier molecular flexibility index (Phi) is 2.04. The average Bonchev–Trinajstić information content (AvgIpc) is 2.63. The summed E-state index contributed by atoms with van der Waals surface area (Å²) in [5, 5.41) is 1.18. The molecule has 0 spiro atoms. The molecule has 0 amide bonds. The summed E-state index contributed by atoms with van der Waals surface area (Å²) in [4.78, 5) is 7.96. The van der Waals surface area contributed by atoms with Gasteiger partial charge in [-0.15, -0.1) is 0 Å². The van der Waals surface area contributed by atoms with Crippen LogP contribution in [0.4, 0.5) is 0 Å². The number of benzene rings is 1. The molecule has 1 aromatic carbocycles. The second kappa shape index (κ2) is 3.20. The molecule has 0 bridgehead atoms. The molecule has 2 aromatic rings. The predicted molar refractivity (Wildman–Crippen MR) is 52.0 cm³/mol. The van der Waals surface area contributed by atoms with E-state index in [0.717, 1.165) is 11.1 Å². The van der Waals surface area contributed by atoms with Crippen molar-refractivity contribution < 1.29 is 4.84 Å². The number of nitrogens with one attached hydrogen (secondary N) is 1. The van der Waals surface area contributed by atoms with Crippen LogP contribution < -0.4 is 5.90 Å². The number of para-hydroxylation sites is 1. The van der Waals surface area contributed by atoms with Gasteiger partial charge in [0.1, 0.15) is 6.10 Å². The topological polar surface area (TPSA) is 51.0 Å². The number of rotatable bonds is 2. The van der Waals surface area contributed by atoms with Gasteiger partial charge in [-0.25, -0.2) is 5.90 Å². The van der Waals surface area contributed by atoms with Crippen LogP contribution in [0.5, 0.6) is 0 Å². The molecule has 0 saturated heterocycles. The van der Waals surface area contributed by atoms with Crippen molar-refractivity contribution in [2.75, 3.05) is 0 Å². The minimum Gasteiger partial charge on any atom is -0.361 e. The molecule has 0 aliphatic rings. The van der Waals surface area contributed by atoms with E-state index in [4.69, 9.17) is 10.7 Å². The van der Waals surface area contributed by atoms with Crippen molar-refractivity contribution in [3.8, 4) is 0 Å². The maximum atomic E-state index is 5.15. The van der Waals surface area contributed by atoms with Gasteiger partial charge in [0.15, 0.2) is 0 Å². The molecule has 1 atom stereocenters. The summed E-state index contributed by atoms with van der Waals surface area (Å²) in [6, 6.07) is 8.10. The summed E-state index contributed by atoms with van der Waals surface area (Å²) in [5.41, 5.74) is 2.19. The Morgan fingerprint density at radius 2 is 2.23 bits per heavy atom. The molecular formula is C10H12N2O. The fourth-order valence-electron chi connectivity index (χ4n) is 1.52. The van der Waals surface area contributed by atoms with Gasteiger partial charge in [0.05, 0.1) is 5.52 Å². The molecular weight excluding hydrogens is 164 g/mol. The Labute approximate surface area is 76.5 Å². The van der Waals surface area contributed by atoms with E-state index in [9.17, 15) is 0 Å². The van der Waals surface area contributed by atoms with Crippen LogP contribution >= 0.6 is 0 Å². The van der Waals surface area contributed by atoms with Gasteiger partial charge in [0.25, 0.3) is 0 Å². The van der Waals surface area contributed by atoms with Crippen LogP contribution in [0.2, 0.25) is 0 Å². The van der Waals surface area contributed by atoms with Crippen molar-refractivity contribution in [3.63, 3.8) is 0 Å². The normalized spacial score (nSPS) is 13.4. The van der Waals surface area contributed by atoms with Gasteiger partial charge in [0, 0.05) is 11.8 Å². The van der Waals surface area contributed by atoms with Crippen LogP contribution in [0.1, 0.15) is 18.6 Å².